The summed E-state index contributed by atoms with van der Waals surface area (Å²) in [6, 6.07) is 4.70. The summed E-state index contributed by atoms with van der Waals surface area (Å²) in [4.78, 5) is 10.4. The summed E-state index contributed by atoms with van der Waals surface area (Å²) in [6.45, 7) is 2.71. The Morgan fingerprint density at radius 3 is 2.87 bits per heavy atom. The van der Waals surface area contributed by atoms with E-state index in [1.807, 2.05) is 6.92 Å². The van der Waals surface area contributed by atoms with Crippen molar-refractivity contribution >= 4 is 5.91 Å². The zero-order valence-electron chi connectivity index (χ0n) is 8.72. The van der Waals surface area contributed by atoms with E-state index < -0.39 is 0 Å². The molecule has 0 spiro atoms. The highest BCUT2D eigenvalue weighted by molar-refractivity contribution is 5.75. The lowest BCUT2D eigenvalue weighted by Gasteiger charge is -2.06. The topological polar surface area (TPSA) is 55.1 Å². The lowest BCUT2D eigenvalue weighted by Crippen LogP contribution is -2.29. The third-order valence-corrected chi connectivity index (χ3v) is 2.17. The van der Waals surface area contributed by atoms with Crippen molar-refractivity contribution in [2.75, 3.05) is 13.1 Å². The van der Waals surface area contributed by atoms with Gasteiger partial charge in [0.2, 0.25) is 5.91 Å². The minimum Gasteiger partial charge on any atom is -0.369 e. The monoisotopic (exact) mass is 210 g/mol. The van der Waals surface area contributed by atoms with Gasteiger partial charge in [0.1, 0.15) is 5.82 Å². The Hall–Kier alpha value is -1.42. The molecule has 1 aromatic carbocycles. The van der Waals surface area contributed by atoms with Gasteiger partial charge in [-0.2, -0.15) is 0 Å². The molecule has 1 rings (SSSR count). The van der Waals surface area contributed by atoms with E-state index in [-0.39, 0.29) is 18.3 Å². The molecule has 0 aromatic heterocycles. The second kappa shape index (κ2) is 5.46. The van der Waals surface area contributed by atoms with Crippen LogP contribution < -0.4 is 11.1 Å². The normalized spacial score (nSPS) is 10.3. The molecule has 15 heavy (non-hydrogen) atoms. The van der Waals surface area contributed by atoms with Crippen LogP contribution in [0, 0.1) is 12.7 Å². The Labute approximate surface area is 88.5 Å². The molecule has 1 amide bonds. The maximum absolute atomic E-state index is 12.8. The molecule has 0 radical (unpaired) electrons. The largest absolute Gasteiger partial charge is 0.369 e. The van der Waals surface area contributed by atoms with Gasteiger partial charge in [-0.05, 0) is 43.1 Å². The molecular formula is C11H15FN2O. The van der Waals surface area contributed by atoms with Crippen molar-refractivity contribution in [2.24, 2.45) is 5.73 Å². The smallest absolute Gasteiger partial charge is 0.231 e. The molecule has 0 bridgehead atoms. The predicted octanol–water partition coefficient (Wildman–Crippen LogP) is 0.752. The first-order valence-corrected chi connectivity index (χ1v) is 4.83. The first-order valence-electron chi connectivity index (χ1n) is 4.83. The second-order valence-corrected chi connectivity index (χ2v) is 3.46. The van der Waals surface area contributed by atoms with Crippen LogP contribution in [0.2, 0.25) is 0 Å². The van der Waals surface area contributed by atoms with Crippen molar-refractivity contribution in [1.29, 1.82) is 0 Å². The van der Waals surface area contributed by atoms with Crippen LogP contribution in [0.3, 0.4) is 0 Å². The molecule has 0 saturated carbocycles. The van der Waals surface area contributed by atoms with Gasteiger partial charge in [0.05, 0.1) is 6.54 Å². The Morgan fingerprint density at radius 2 is 2.27 bits per heavy atom. The molecule has 0 unspecified atom stereocenters. The van der Waals surface area contributed by atoms with E-state index in [1.54, 1.807) is 6.07 Å². The summed E-state index contributed by atoms with van der Waals surface area (Å²) in [5, 5.41) is 2.91. The van der Waals surface area contributed by atoms with Crippen LogP contribution in [-0.2, 0) is 11.2 Å². The molecule has 3 N–H and O–H groups in total. The van der Waals surface area contributed by atoms with Crippen LogP contribution in [0.5, 0.6) is 0 Å². The number of halogens is 1. The summed E-state index contributed by atoms with van der Waals surface area (Å²) in [7, 11) is 0. The number of nitrogens with two attached hydrogens (primary N) is 1. The van der Waals surface area contributed by atoms with E-state index in [1.165, 1.54) is 12.1 Å². The minimum absolute atomic E-state index is 0.181. The SMILES string of the molecule is Cc1cc(F)ccc1CCNCC(N)=O. The standard InChI is InChI=1S/C11H15FN2O/c1-8-6-10(12)3-2-9(8)4-5-14-7-11(13)15/h2-3,6,14H,4-5,7H2,1H3,(H2,13,15). The predicted molar refractivity (Wildman–Crippen MR) is 56.9 cm³/mol. The van der Waals surface area contributed by atoms with Crippen LogP contribution in [0.4, 0.5) is 4.39 Å². The van der Waals surface area contributed by atoms with Crippen LogP contribution >= 0.6 is 0 Å². The van der Waals surface area contributed by atoms with Gasteiger partial charge < -0.3 is 11.1 Å². The van der Waals surface area contributed by atoms with Crippen molar-refractivity contribution < 1.29 is 9.18 Å². The first kappa shape index (κ1) is 11.7. The van der Waals surface area contributed by atoms with E-state index in [9.17, 15) is 9.18 Å². The highest BCUT2D eigenvalue weighted by Crippen LogP contribution is 2.10. The summed E-state index contributed by atoms with van der Waals surface area (Å²) >= 11 is 0. The zero-order chi connectivity index (χ0) is 11.3. The summed E-state index contributed by atoms with van der Waals surface area (Å²) in [6.07, 6.45) is 0.763. The molecule has 0 saturated heterocycles. The maximum atomic E-state index is 12.8. The number of amides is 1. The quantitative estimate of drug-likeness (QED) is 0.705. The van der Waals surface area contributed by atoms with Crippen LogP contribution in [-0.4, -0.2) is 19.0 Å². The molecule has 0 aliphatic rings. The molecule has 0 heterocycles. The van der Waals surface area contributed by atoms with Gasteiger partial charge in [-0.25, -0.2) is 4.39 Å². The number of carbonyl (C=O) groups is 1. The van der Waals surface area contributed by atoms with Gasteiger partial charge in [0.25, 0.3) is 0 Å². The molecular weight excluding hydrogens is 195 g/mol. The molecule has 0 atom stereocenters. The van der Waals surface area contributed by atoms with Crippen LogP contribution in [0.1, 0.15) is 11.1 Å². The average molecular weight is 210 g/mol. The van der Waals surface area contributed by atoms with Gasteiger partial charge in [-0.15, -0.1) is 0 Å². The van der Waals surface area contributed by atoms with E-state index in [0.29, 0.717) is 6.54 Å². The summed E-state index contributed by atoms with van der Waals surface area (Å²) < 4.78 is 12.8. The highest BCUT2D eigenvalue weighted by atomic mass is 19.1. The third-order valence-electron chi connectivity index (χ3n) is 2.17. The minimum atomic E-state index is -0.370. The van der Waals surface area contributed by atoms with Crippen molar-refractivity contribution in [3.63, 3.8) is 0 Å². The molecule has 4 heteroatoms. The maximum Gasteiger partial charge on any atom is 0.231 e. The molecule has 1 aromatic rings. The van der Waals surface area contributed by atoms with Crippen molar-refractivity contribution in [2.45, 2.75) is 13.3 Å². The van der Waals surface area contributed by atoms with Gasteiger partial charge in [0, 0.05) is 0 Å². The molecule has 82 valence electrons. The molecule has 0 fully saturated rings. The molecule has 3 nitrogen and oxygen atoms in total. The van der Waals surface area contributed by atoms with Crippen molar-refractivity contribution in [3.05, 3.63) is 35.1 Å². The van der Waals surface area contributed by atoms with E-state index in [2.05, 4.69) is 5.32 Å². The number of hydrogen-bond donors (Lipinski definition) is 2. The number of hydrogen-bond acceptors (Lipinski definition) is 2. The molecule has 0 aliphatic carbocycles. The van der Waals surface area contributed by atoms with Gasteiger partial charge in [-0.1, -0.05) is 6.07 Å². The van der Waals surface area contributed by atoms with Crippen LogP contribution in [0.25, 0.3) is 0 Å². The Morgan fingerprint density at radius 1 is 1.53 bits per heavy atom. The number of carbonyl (C=O) groups excluding carboxylic acids is 1. The first-order chi connectivity index (χ1) is 7.09. The fourth-order valence-electron chi connectivity index (χ4n) is 1.37. The number of primary amides is 1. The number of rotatable bonds is 5. The second-order valence-electron chi connectivity index (χ2n) is 3.46. The summed E-state index contributed by atoms with van der Waals surface area (Å²) in [5.74, 6) is -0.591. The van der Waals surface area contributed by atoms with E-state index >= 15 is 0 Å². The Kier molecular flexibility index (Phi) is 4.24. The van der Waals surface area contributed by atoms with Gasteiger partial charge in [-0.3, -0.25) is 4.79 Å². The van der Waals surface area contributed by atoms with E-state index in [4.69, 9.17) is 5.73 Å². The summed E-state index contributed by atoms with van der Waals surface area (Å²) in [5.41, 5.74) is 6.97. The highest BCUT2D eigenvalue weighted by Gasteiger charge is 2.00. The fraction of sp³-hybridized carbons (Fsp3) is 0.364. The van der Waals surface area contributed by atoms with E-state index in [0.717, 1.165) is 17.5 Å². The lowest BCUT2D eigenvalue weighted by atomic mass is 10.1. The zero-order valence-corrected chi connectivity index (χ0v) is 8.72. The number of benzene rings is 1. The third kappa shape index (κ3) is 4.08. The Balaban J connectivity index is 2.40. The van der Waals surface area contributed by atoms with Crippen molar-refractivity contribution in [1.82, 2.24) is 5.32 Å². The van der Waals surface area contributed by atoms with Gasteiger partial charge in [0.15, 0.2) is 0 Å². The van der Waals surface area contributed by atoms with Crippen molar-refractivity contribution in [3.8, 4) is 0 Å². The Bertz CT molecular complexity index is 352. The van der Waals surface area contributed by atoms with Gasteiger partial charge >= 0.3 is 0 Å². The number of nitrogens with one attached hydrogen (secondary N) is 1. The number of aryl methyl sites for hydroxylation is 1. The molecule has 0 aliphatic heterocycles. The van der Waals surface area contributed by atoms with Crippen LogP contribution in [0.15, 0.2) is 18.2 Å². The fourth-order valence-corrected chi connectivity index (χ4v) is 1.37. The average Bonchev–Trinajstić information content (AvgIpc) is 2.14. The lowest BCUT2D eigenvalue weighted by molar-refractivity contribution is -0.117.